The Morgan fingerprint density at radius 2 is 1.52 bits per heavy atom. The first-order valence-corrected chi connectivity index (χ1v) is 11.4. The van der Waals surface area contributed by atoms with Gasteiger partial charge in [-0.25, -0.2) is 0 Å². The molecule has 1 unspecified atom stereocenters. The zero-order valence-electron chi connectivity index (χ0n) is 15.9. The Labute approximate surface area is 162 Å². The average molecular weight is 369 g/mol. The van der Waals surface area contributed by atoms with Crippen LogP contribution < -0.4 is 5.30 Å². The van der Waals surface area contributed by atoms with E-state index < -0.39 is 0 Å². The van der Waals surface area contributed by atoms with Crippen LogP contribution in [-0.4, -0.2) is 17.5 Å². The number of aliphatic imine (C=N–C) groups is 1. The van der Waals surface area contributed by atoms with Gasteiger partial charge in [0.1, 0.15) is 0 Å². The van der Waals surface area contributed by atoms with E-state index >= 15 is 0 Å². The van der Waals surface area contributed by atoms with Gasteiger partial charge in [0.2, 0.25) is 0 Å². The minimum Gasteiger partial charge on any atom is -0.252 e. The van der Waals surface area contributed by atoms with Crippen LogP contribution in [0.2, 0.25) is 0 Å². The van der Waals surface area contributed by atoms with Gasteiger partial charge in [-0.05, 0) is 54.3 Å². The number of para-hydroxylation sites is 1. The van der Waals surface area contributed by atoms with Crippen LogP contribution in [0, 0.1) is 13.8 Å². The van der Waals surface area contributed by atoms with E-state index in [1.807, 2.05) is 0 Å². The second-order valence-corrected chi connectivity index (χ2v) is 10.2. The molecule has 2 heteroatoms. The summed E-state index contributed by atoms with van der Waals surface area (Å²) >= 11 is 0. The van der Waals surface area contributed by atoms with Gasteiger partial charge in [-0.3, -0.25) is 4.99 Å². The SMILES string of the molecule is Cc1cccc(C)c1N=C1c2ccccc2[C@H]2CCP(c3ccccc3)[C@@H]12. The molecule has 1 fully saturated rings. The summed E-state index contributed by atoms with van der Waals surface area (Å²) in [4.78, 5) is 5.35. The summed E-state index contributed by atoms with van der Waals surface area (Å²) in [6.07, 6.45) is 2.60. The molecule has 0 aromatic heterocycles. The van der Waals surface area contributed by atoms with E-state index in [2.05, 4.69) is 86.6 Å². The number of nitrogens with zero attached hydrogens (tertiary/aromatic N) is 1. The number of hydrogen-bond acceptors (Lipinski definition) is 1. The third-order valence-corrected chi connectivity index (χ3v) is 9.05. The Morgan fingerprint density at radius 3 is 2.30 bits per heavy atom. The van der Waals surface area contributed by atoms with Crippen molar-refractivity contribution in [1.29, 1.82) is 0 Å². The second kappa shape index (κ2) is 6.73. The molecule has 1 heterocycles. The molecule has 5 rings (SSSR count). The topological polar surface area (TPSA) is 12.4 Å². The smallest absolute Gasteiger partial charge is 0.0691 e. The van der Waals surface area contributed by atoms with E-state index in [1.165, 1.54) is 45.9 Å². The van der Waals surface area contributed by atoms with E-state index in [-0.39, 0.29) is 7.92 Å². The third kappa shape index (κ3) is 2.77. The molecule has 1 aliphatic heterocycles. The van der Waals surface area contributed by atoms with Gasteiger partial charge in [0.15, 0.2) is 0 Å². The normalized spacial score (nSPS) is 24.8. The molecule has 1 nitrogen and oxygen atoms in total. The van der Waals surface area contributed by atoms with Gasteiger partial charge in [0.25, 0.3) is 0 Å². The molecule has 0 N–H and O–H groups in total. The molecule has 0 amide bonds. The highest BCUT2D eigenvalue weighted by Crippen LogP contribution is 2.60. The fourth-order valence-corrected chi connectivity index (χ4v) is 8.01. The summed E-state index contributed by atoms with van der Waals surface area (Å²) in [6.45, 7) is 4.36. The van der Waals surface area contributed by atoms with Crippen molar-refractivity contribution in [1.82, 2.24) is 0 Å². The predicted molar refractivity (Wildman–Crippen MR) is 118 cm³/mol. The summed E-state index contributed by atoms with van der Waals surface area (Å²) in [5.74, 6) is 0.635. The highest BCUT2D eigenvalue weighted by atomic mass is 31.1. The number of rotatable bonds is 2. The van der Waals surface area contributed by atoms with Crippen LogP contribution in [0.15, 0.2) is 77.8 Å². The molecule has 27 heavy (non-hydrogen) atoms. The molecular weight excluding hydrogens is 345 g/mol. The molecule has 3 atom stereocenters. The van der Waals surface area contributed by atoms with Crippen LogP contribution >= 0.6 is 7.92 Å². The Balaban J connectivity index is 1.69. The molecule has 3 aromatic rings. The lowest BCUT2D eigenvalue weighted by Crippen LogP contribution is -2.19. The maximum absolute atomic E-state index is 5.35. The van der Waals surface area contributed by atoms with Crippen molar-refractivity contribution in [2.24, 2.45) is 4.99 Å². The van der Waals surface area contributed by atoms with E-state index in [1.54, 1.807) is 0 Å². The van der Waals surface area contributed by atoms with Crippen LogP contribution in [0.4, 0.5) is 5.69 Å². The van der Waals surface area contributed by atoms with Gasteiger partial charge >= 0.3 is 0 Å². The fourth-order valence-electron chi connectivity index (χ4n) is 4.81. The molecule has 1 saturated heterocycles. The molecule has 0 saturated carbocycles. The largest absolute Gasteiger partial charge is 0.252 e. The summed E-state index contributed by atoms with van der Waals surface area (Å²) in [5, 5.41) is 1.53. The van der Waals surface area contributed by atoms with Gasteiger partial charge < -0.3 is 0 Å². The average Bonchev–Trinajstić information content (AvgIpc) is 3.25. The van der Waals surface area contributed by atoms with Crippen molar-refractivity contribution in [3.63, 3.8) is 0 Å². The van der Waals surface area contributed by atoms with Gasteiger partial charge in [-0.15, -0.1) is 0 Å². The van der Waals surface area contributed by atoms with Gasteiger partial charge in [-0.2, -0.15) is 0 Å². The molecule has 1 aliphatic carbocycles. The Kier molecular flexibility index (Phi) is 4.21. The lowest BCUT2D eigenvalue weighted by Gasteiger charge is -2.21. The van der Waals surface area contributed by atoms with E-state index in [9.17, 15) is 0 Å². The van der Waals surface area contributed by atoms with Gasteiger partial charge in [0, 0.05) is 11.2 Å². The minimum atomic E-state index is -0.213. The molecule has 2 aliphatic rings. The number of benzene rings is 3. The summed E-state index contributed by atoms with van der Waals surface area (Å²) in [5.41, 5.74) is 8.50. The Bertz CT molecular complexity index is 1000. The van der Waals surface area contributed by atoms with Crippen molar-refractivity contribution in [2.75, 3.05) is 6.16 Å². The lowest BCUT2D eigenvalue weighted by molar-refractivity contribution is 0.761. The molecule has 0 radical (unpaired) electrons. The highest BCUT2D eigenvalue weighted by molar-refractivity contribution is 7.67. The highest BCUT2D eigenvalue weighted by Gasteiger charge is 2.46. The quantitative estimate of drug-likeness (QED) is 0.484. The zero-order valence-corrected chi connectivity index (χ0v) is 16.8. The van der Waals surface area contributed by atoms with Crippen LogP contribution in [0.5, 0.6) is 0 Å². The first-order valence-electron chi connectivity index (χ1n) is 9.80. The lowest BCUT2D eigenvalue weighted by atomic mass is 9.99. The van der Waals surface area contributed by atoms with Gasteiger partial charge in [-0.1, -0.05) is 80.7 Å². The number of aryl methyl sites for hydroxylation is 2. The molecular formula is C25H24NP. The van der Waals surface area contributed by atoms with Crippen LogP contribution in [0.25, 0.3) is 0 Å². The van der Waals surface area contributed by atoms with Crippen LogP contribution in [0.1, 0.15) is 34.6 Å². The molecule has 0 bridgehead atoms. The van der Waals surface area contributed by atoms with Crippen molar-refractivity contribution in [3.8, 4) is 0 Å². The summed E-state index contributed by atoms with van der Waals surface area (Å²) in [7, 11) is -0.213. The predicted octanol–water partition coefficient (Wildman–Crippen LogP) is 6.10. The summed E-state index contributed by atoms with van der Waals surface area (Å²) in [6, 6.07) is 26.6. The number of fused-ring (bicyclic) bond motifs is 3. The third-order valence-electron chi connectivity index (χ3n) is 6.07. The molecule has 0 spiro atoms. The second-order valence-electron chi connectivity index (χ2n) is 7.69. The fraction of sp³-hybridized carbons (Fsp3) is 0.240. The Morgan fingerprint density at radius 1 is 0.815 bits per heavy atom. The number of hydrogen-bond donors (Lipinski definition) is 0. The first-order chi connectivity index (χ1) is 13.2. The van der Waals surface area contributed by atoms with E-state index in [4.69, 9.17) is 4.99 Å². The first kappa shape index (κ1) is 16.9. The Hall–Kier alpha value is -2.24. The van der Waals surface area contributed by atoms with Crippen molar-refractivity contribution < 1.29 is 0 Å². The standard InChI is InChI=1S/C25H24NP/c1-17-9-8-10-18(2)23(17)26-24-21-14-7-6-13-20(21)22-15-16-27(25(22)24)19-11-4-3-5-12-19/h3-14,22,25H,15-16H2,1-2H3/t22-,25-,27?/m1/s1. The van der Waals surface area contributed by atoms with Crippen molar-refractivity contribution in [3.05, 3.63) is 95.1 Å². The van der Waals surface area contributed by atoms with Gasteiger partial charge in [0.05, 0.1) is 11.4 Å². The molecule has 3 aromatic carbocycles. The molecule has 134 valence electrons. The maximum atomic E-state index is 5.35. The van der Waals surface area contributed by atoms with Crippen molar-refractivity contribution >= 4 is 24.6 Å². The zero-order chi connectivity index (χ0) is 18.4. The summed E-state index contributed by atoms with van der Waals surface area (Å²) < 4.78 is 0. The van der Waals surface area contributed by atoms with Crippen molar-refractivity contribution in [2.45, 2.75) is 31.8 Å². The van der Waals surface area contributed by atoms with E-state index in [0.717, 1.165) is 5.69 Å². The van der Waals surface area contributed by atoms with Crippen LogP contribution in [-0.2, 0) is 0 Å². The monoisotopic (exact) mass is 369 g/mol. The maximum Gasteiger partial charge on any atom is 0.0691 e. The van der Waals surface area contributed by atoms with E-state index in [0.29, 0.717) is 11.6 Å². The minimum absolute atomic E-state index is 0.213. The van der Waals surface area contributed by atoms with Crippen LogP contribution in [0.3, 0.4) is 0 Å².